The second kappa shape index (κ2) is 10.1. The molecule has 0 aliphatic heterocycles. The molecule has 160 valence electrons. The highest BCUT2D eigenvalue weighted by Gasteiger charge is 2.30. The maximum Gasteiger partial charge on any atom is 0.416 e. The highest BCUT2D eigenvalue weighted by atomic mass is 32.2. The van der Waals surface area contributed by atoms with Crippen molar-refractivity contribution in [1.82, 2.24) is 10.6 Å². The number of benzene rings is 1. The van der Waals surface area contributed by atoms with E-state index in [9.17, 15) is 26.7 Å². The van der Waals surface area contributed by atoms with Crippen LogP contribution in [0.25, 0.3) is 0 Å². The molecule has 0 amide bonds. The van der Waals surface area contributed by atoms with Gasteiger partial charge in [-0.05, 0) is 36.1 Å². The van der Waals surface area contributed by atoms with Crippen LogP contribution in [0, 0.1) is 0 Å². The van der Waals surface area contributed by atoms with Gasteiger partial charge < -0.3 is 15.7 Å². The fourth-order valence-corrected chi connectivity index (χ4v) is 4.89. The van der Waals surface area contributed by atoms with Crippen molar-refractivity contribution in [2.75, 3.05) is 18.8 Å². The molecule has 1 atom stereocenters. The van der Waals surface area contributed by atoms with E-state index >= 15 is 0 Å². The summed E-state index contributed by atoms with van der Waals surface area (Å²) in [5.41, 5.74) is -0.379. The summed E-state index contributed by atoms with van der Waals surface area (Å²) in [6, 6.07) is 7.95. The fraction of sp³-hybridized carbons (Fsp3) is 0.389. The summed E-state index contributed by atoms with van der Waals surface area (Å²) < 4.78 is 62.9. The van der Waals surface area contributed by atoms with Gasteiger partial charge in [0, 0.05) is 13.1 Å². The molecule has 0 saturated carbocycles. The van der Waals surface area contributed by atoms with Gasteiger partial charge in [0.05, 0.1) is 24.0 Å². The van der Waals surface area contributed by atoms with Crippen LogP contribution in [0.2, 0.25) is 0 Å². The van der Waals surface area contributed by atoms with Gasteiger partial charge in [-0.3, -0.25) is 0 Å². The van der Waals surface area contributed by atoms with Crippen LogP contribution in [0.4, 0.5) is 13.2 Å². The maximum atomic E-state index is 12.8. The van der Waals surface area contributed by atoms with E-state index in [-0.39, 0.29) is 23.3 Å². The minimum absolute atomic E-state index is 0.0111. The van der Waals surface area contributed by atoms with Gasteiger partial charge in [0.2, 0.25) is 0 Å². The summed E-state index contributed by atoms with van der Waals surface area (Å²) in [6.45, 7) is 2.19. The van der Waals surface area contributed by atoms with Gasteiger partial charge in [-0.1, -0.05) is 18.2 Å². The molecule has 0 fully saturated rings. The van der Waals surface area contributed by atoms with E-state index in [1.807, 2.05) is 0 Å². The van der Waals surface area contributed by atoms with Gasteiger partial charge in [-0.15, -0.1) is 11.3 Å². The first kappa shape index (κ1) is 23.2. The highest BCUT2D eigenvalue weighted by Crippen LogP contribution is 2.29. The SMILES string of the molecule is CCNC(=NCc1cccc(C(F)(F)F)c1)NCC(O)CS(=O)(=O)c1cccs1. The first-order chi connectivity index (χ1) is 13.6. The Bertz CT molecular complexity index is 914. The smallest absolute Gasteiger partial charge is 0.390 e. The van der Waals surface area contributed by atoms with Crippen LogP contribution in [-0.2, 0) is 22.6 Å². The maximum absolute atomic E-state index is 12.8. The second-order valence-corrected chi connectivity index (χ2v) is 9.35. The number of aliphatic hydroxyl groups excluding tert-OH is 1. The van der Waals surface area contributed by atoms with Crippen molar-refractivity contribution in [3.8, 4) is 0 Å². The van der Waals surface area contributed by atoms with Crippen LogP contribution in [-0.4, -0.2) is 44.4 Å². The molecule has 11 heteroatoms. The van der Waals surface area contributed by atoms with E-state index in [1.165, 1.54) is 18.2 Å². The Hall–Kier alpha value is -2.11. The zero-order chi connectivity index (χ0) is 21.5. The molecule has 1 aromatic heterocycles. The summed E-state index contributed by atoms with van der Waals surface area (Å²) in [5, 5.41) is 17.4. The van der Waals surface area contributed by atoms with Crippen molar-refractivity contribution in [2.45, 2.75) is 30.0 Å². The van der Waals surface area contributed by atoms with Gasteiger partial charge in [0.25, 0.3) is 0 Å². The molecular weight excluding hydrogens is 427 g/mol. The van der Waals surface area contributed by atoms with Gasteiger partial charge in [-0.25, -0.2) is 13.4 Å². The number of guanidine groups is 1. The molecule has 1 unspecified atom stereocenters. The van der Waals surface area contributed by atoms with Crippen LogP contribution in [0.15, 0.2) is 51.0 Å². The summed E-state index contributed by atoms with van der Waals surface area (Å²) in [5.74, 6) is -0.189. The lowest BCUT2D eigenvalue weighted by Gasteiger charge is -2.15. The Kier molecular flexibility index (Phi) is 8.05. The monoisotopic (exact) mass is 449 g/mol. The quantitative estimate of drug-likeness (QED) is 0.426. The lowest BCUT2D eigenvalue weighted by molar-refractivity contribution is -0.137. The molecule has 0 aliphatic rings. The summed E-state index contributed by atoms with van der Waals surface area (Å²) in [6.07, 6.45) is -5.61. The number of hydrogen-bond acceptors (Lipinski definition) is 5. The van der Waals surface area contributed by atoms with Crippen LogP contribution in [0.3, 0.4) is 0 Å². The van der Waals surface area contributed by atoms with Gasteiger partial charge in [-0.2, -0.15) is 13.2 Å². The molecule has 1 aromatic carbocycles. The molecule has 2 rings (SSSR count). The van der Waals surface area contributed by atoms with E-state index in [0.29, 0.717) is 12.1 Å². The van der Waals surface area contributed by atoms with E-state index in [0.717, 1.165) is 23.5 Å². The third kappa shape index (κ3) is 7.33. The minimum atomic E-state index is -4.43. The summed E-state index contributed by atoms with van der Waals surface area (Å²) in [7, 11) is -3.59. The number of thiophene rings is 1. The molecular formula is C18H22F3N3O3S2. The molecule has 0 saturated heterocycles. The Labute approximate surface area is 171 Å². The summed E-state index contributed by atoms with van der Waals surface area (Å²) >= 11 is 1.08. The molecule has 29 heavy (non-hydrogen) atoms. The lowest BCUT2D eigenvalue weighted by atomic mass is 10.1. The number of rotatable bonds is 8. The van der Waals surface area contributed by atoms with Crippen molar-refractivity contribution in [1.29, 1.82) is 0 Å². The Balaban J connectivity index is 1.97. The number of hydrogen-bond donors (Lipinski definition) is 3. The van der Waals surface area contributed by atoms with Crippen LogP contribution in [0.5, 0.6) is 0 Å². The van der Waals surface area contributed by atoms with E-state index in [4.69, 9.17) is 0 Å². The number of halogens is 3. The number of nitrogens with one attached hydrogen (secondary N) is 2. The van der Waals surface area contributed by atoms with Crippen molar-refractivity contribution >= 4 is 27.1 Å². The predicted octanol–water partition coefficient (Wildman–Crippen LogP) is 2.66. The normalized spacial score (nSPS) is 13.9. The van der Waals surface area contributed by atoms with Gasteiger partial charge >= 0.3 is 6.18 Å². The van der Waals surface area contributed by atoms with E-state index in [1.54, 1.807) is 18.4 Å². The number of sulfone groups is 1. The van der Waals surface area contributed by atoms with Crippen molar-refractivity contribution in [2.24, 2.45) is 4.99 Å². The van der Waals surface area contributed by atoms with Crippen LogP contribution >= 0.6 is 11.3 Å². The van der Waals surface area contributed by atoms with Crippen molar-refractivity contribution in [3.63, 3.8) is 0 Å². The predicted molar refractivity (Wildman–Crippen MR) is 107 cm³/mol. The van der Waals surface area contributed by atoms with Crippen LogP contribution in [0.1, 0.15) is 18.1 Å². The highest BCUT2D eigenvalue weighted by molar-refractivity contribution is 7.93. The standard InChI is InChI=1S/C18H22F3N3O3S2/c1-2-22-17(23-10-13-5-3-6-14(9-13)18(19,20)21)24-11-15(25)12-29(26,27)16-7-4-8-28-16/h3-9,15,25H,2,10-12H2,1H3,(H2,22,23,24). The Morgan fingerprint density at radius 3 is 2.62 bits per heavy atom. The second-order valence-electron chi connectivity index (χ2n) is 6.14. The zero-order valence-electron chi connectivity index (χ0n) is 15.6. The molecule has 1 heterocycles. The first-order valence-electron chi connectivity index (χ1n) is 8.74. The van der Waals surface area contributed by atoms with Gasteiger partial charge in [0.15, 0.2) is 15.8 Å². The fourth-order valence-electron chi connectivity index (χ4n) is 2.41. The Morgan fingerprint density at radius 2 is 2.00 bits per heavy atom. The van der Waals surface area contributed by atoms with Crippen molar-refractivity contribution in [3.05, 3.63) is 52.9 Å². The van der Waals surface area contributed by atoms with Crippen molar-refractivity contribution < 1.29 is 26.7 Å². The zero-order valence-corrected chi connectivity index (χ0v) is 17.2. The first-order valence-corrected chi connectivity index (χ1v) is 11.3. The average Bonchev–Trinajstić information content (AvgIpc) is 3.19. The molecule has 3 N–H and O–H groups in total. The number of aliphatic hydroxyl groups is 1. The number of alkyl halides is 3. The topological polar surface area (TPSA) is 90.8 Å². The lowest BCUT2D eigenvalue weighted by Crippen LogP contribution is -2.42. The molecule has 0 radical (unpaired) electrons. The Morgan fingerprint density at radius 1 is 1.24 bits per heavy atom. The van der Waals surface area contributed by atoms with Crippen LogP contribution < -0.4 is 10.6 Å². The molecule has 0 bridgehead atoms. The largest absolute Gasteiger partial charge is 0.416 e. The average molecular weight is 450 g/mol. The van der Waals surface area contributed by atoms with E-state index < -0.39 is 33.4 Å². The summed E-state index contributed by atoms with van der Waals surface area (Å²) in [4.78, 5) is 4.19. The van der Waals surface area contributed by atoms with Gasteiger partial charge in [0.1, 0.15) is 4.21 Å². The molecule has 6 nitrogen and oxygen atoms in total. The molecule has 0 spiro atoms. The molecule has 2 aromatic rings. The third-order valence-electron chi connectivity index (χ3n) is 3.74. The number of aliphatic imine (C=N–C) groups is 1. The third-order valence-corrected chi connectivity index (χ3v) is 7.02. The minimum Gasteiger partial charge on any atom is -0.390 e. The molecule has 0 aliphatic carbocycles. The number of nitrogens with zero attached hydrogens (tertiary/aromatic N) is 1. The van der Waals surface area contributed by atoms with E-state index in [2.05, 4.69) is 15.6 Å².